The van der Waals surface area contributed by atoms with Crippen LogP contribution in [0.3, 0.4) is 0 Å². The van der Waals surface area contributed by atoms with Gasteiger partial charge >= 0.3 is 0 Å². The number of amides is 1. The van der Waals surface area contributed by atoms with Crippen LogP contribution in [0.1, 0.15) is 12.5 Å². The number of nitrogens with one attached hydrogen (secondary N) is 1. The summed E-state index contributed by atoms with van der Waals surface area (Å²) in [5.74, 6) is -0.0741. The van der Waals surface area contributed by atoms with Crippen LogP contribution in [-0.4, -0.2) is 54.4 Å². The quantitative estimate of drug-likeness (QED) is 0.720. The van der Waals surface area contributed by atoms with E-state index in [0.717, 1.165) is 11.3 Å². The van der Waals surface area contributed by atoms with Crippen molar-refractivity contribution in [1.82, 2.24) is 4.90 Å². The van der Waals surface area contributed by atoms with Crippen molar-refractivity contribution in [2.45, 2.75) is 25.7 Å². The molecule has 1 amide bonds. The summed E-state index contributed by atoms with van der Waals surface area (Å²) in [7, 11) is 0. The molecule has 2 atom stereocenters. The Hall–Kier alpha value is -1.47. The molecule has 21 heavy (non-hydrogen) atoms. The summed E-state index contributed by atoms with van der Waals surface area (Å²) in [6.45, 7) is 3.90. The molecule has 0 aliphatic carbocycles. The highest BCUT2D eigenvalue weighted by Crippen LogP contribution is 2.12. The van der Waals surface area contributed by atoms with E-state index >= 15 is 0 Å². The van der Waals surface area contributed by atoms with Gasteiger partial charge < -0.3 is 20.9 Å². The normalized spacial score (nSPS) is 23.0. The molecule has 1 aromatic rings. The summed E-state index contributed by atoms with van der Waals surface area (Å²) < 4.78 is 5.56. The Morgan fingerprint density at radius 3 is 3.05 bits per heavy atom. The van der Waals surface area contributed by atoms with Gasteiger partial charge in [-0.15, -0.1) is 0 Å². The molecule has 0 spiro atoms. The minimum Gasteiger partial charge on any atom is -0.394 e. The number of morpholine rings is 1. The van der Waals surface area contributed by atoms with Crippen LogP contribution in [0.4, 0.5) is 5.69 Å². The van der Waals surface area contributed by atoms with Crippen LogP contribution in [0.15, 0.2) is 24.3 Å². The maximum absolute atomic E-state index is 12.1. The highest BCUT2D eigenvalue weighted by atomic mass is 16.5. The predicted octanol–water partition coefficient (Wildman–Crippen LogP) is 0.165. The first-order valence-corrected chi connectivity index (χ1v) is 7.18. The zero-order valence-electron chi connectivity index (χ0n) is 12.3. The van der Waals surface area contributed by atoms with Crippen molar-refractivity contribution in [3.05, 3.63) is 29.8 Å². The molecule has 0 aromatic heterocycles. The van der Waals surface area contributed by atoms with Gasteiger partial charge in [-0.3, -0.25) is 9.69 Å². The number of benzene rings is 1. The molecule has 1 saturated heterocycles. The Bertz CT molecular complexity index is 481. The lowest BCUT2D eigenvalue weighted by atomic mass is 10.2. The zero-order valence-corrected chi connectivity index (χ0v) is 12.3. The summed E-state index contributed by atoms with van der Waals surface area (Å²) in [4.78, 5) is 14.1. The number of hydrogen-bond acceptors (Lipinski definition) is 5. The Labute approximate surface area is 124 Å². The molecule has 0 bridgehead atoms. The van der Waals surface area contributed by atoms with Gasteiger partial charge in [-0.05, 0) is 24.6 Å². The molecular weight excluding hydrogens is 270 g/mol. The topological polar surface area (TPSA) is 87.8 Å². The number of carbonyl (C=O) groups is 1. The van der Waals surface area contributed by atoms with Crippen molar-refractivity contribution in [2.24, 2.45) is 5.73 Å². The highest BCUT2D eigenvalue weighted by molar-refractivity contribution is 5.92. The van der Waals surface area contributed by atoms with Gasteiger partial charge in [0.2, 0.25) is 5.91 Å². The zero-order chi connectivity index (χ0) is 15.2. The molecule has 1 aliphatic heterocycles. The molecule has 4 N–H and O–H groups in total. The van der Waals surface area contributed by atoms with E-state index in [9.17, 15) is 9.90 Å². The Kier molecular flexibility index (Phi) is 5.69. The van der Waals surface area contributed by atoms with Gasteiger partial charge in [0.25, 0.3) is 0 Å². The fraction of sp³-hybridized carbons (Fsp3) is 0.533. The molecule has 2 rings (SSSR count). The monoisotopic (exact) mass is 293 g/mol. The lowest BCUT2D eigenvalue weighted by Crippen LogP contribution is -2.50. The molecule has 1 heterocycles. The van der Waals surface area contributed by atoms with Crippen molar-refractivity contribution in [2.75, 3.05) is 31.6 Å². The average molecular weight is 293 g/mol. The van der Waals surface area contributed by atoms with Crippen LogP contribution in [0.2, 0.25) is 0 Å². The first kappa shape index (κ1) is 15.9. The largest absolute Gasteiger partial charge is 0.394 e. The summed E-state index contributed by atoms with van der Waals surface area (Å²) in [5, 5.41) is 12.1. The van der Waals surface area contributed by atoms with Crippen molar-refractivity contribution >= 4 is 11.6 Å². The summed E-state index contributed by atoms with van der Waals surface area (Å²) in [5.41, 5.74) is 7.32. The van der Waals surface area contributed by atoms with E-state index in [1.54, 1.807) is 0 Å². The van der Waals surface area contributed by atoms with Gasteiger partial charge in [0.05, 0.1) is 25.4 Å². The van der Waals surface area contributed by atoms with Gasteiger partial charge in [0.1, 0.15) is 0 Å². The number of aliphatic hydroxyl groups excluding tert-OH is 1. The van der Waals surface area contributed by atoms with E-state index in [2.05, 4.69) is 5.32 Å². The second-order valence-electron chi connectivity index (χ2n) is 5.40. The fourth-order valence-electron chi connectivity index (χ4n) is 2.55. The van der Waals surface area contributed by atoms with Gasteiger partial charge in [-0.2, -0.15) is 0 Å². The molecular formula is C15H23N3O3. The molecule has 1 fully saturated rings. The number of nitrogens with two attached hydrogens (primary N) is 1. The van der Waals surface area contributed by atoms with E-state index in [0.29, 0.717) is 19.6 Å². The Balaban J connectivity index is 1.88. The number of carbonyl (C=O) groups excluding carboxylic acids is 1. The van der Waals surface area contributed by atoms with Crippen LogP contribution in [0.5, 0.6) is 0 Å². The molecule has 1 aromatic carbocycles. The van der Waals surface area contributed by atoms with Crippen LogP contribution in [0, 0.1) is 0 Å². The number of ether oxygens (including phenoxy) is 1. The summed E-state index contributed by atoms with van der Waals surface area (Å²) in [6.07, 6.45) is -0.202. The van der Waals surface area contributed by atoms with Gasteiger partial charge in [0.15, 0.2) is 0 Å². The van der Waals surface area contributed by atoms with Crippen molar-refractivity contribution < 1.29 is 14.6 Å². The molecule has 1 aliphatic rings. The second-order valence-corrected chi connectivity index (χ2v) is 5.40. The minimum absolute atomic E-state index is 0.0178. The van der Waals surface area contributed by atoms with Gasteiger partial charge in [-0.25, -0.2) is 0 Å². The summed E-state index contributed by atoms with van der Waals surface area (Å²) >= 11 is 0. The van der Waals surface area contributed by atoms with Crippen LogP contribution < -0.4 is 11.1 Å². The fourth-order valence-corrected chi connectivity index (χ4v) is 2.55. The number of anilines is 1. The maximum Gasteiger partial charge on any atom is 0.238 e. The van der Waals surface area contributed by atoms with Crippen LogP contribution >= 0.6 is 0 Å². The van der Waals surface area contributed by atoms with E-state index in [1.807, 2.05) is 36.1 Å². The molecule has 6 heteroatoms. The lowest BCUT2D eigenvalue weighted by molar-refractivity contribution is -0.124. The molecule has 2 unspecified atom stereocenters. The Morgan fingerprint density at radius 2 is 2.33 bits per heavy atom. The maximum atomic E-state index is 12.1. The van der Waals surface area contributed by atoms with Crippen molar-refractivity contribution in [1.29, 1.82) is 0 Å². The molecule has 6 nitrogen and oxygen atoms in total. The predicted molar refractivity (Wildman–Crippen MR) is 80.8 cm³/mol. The summed E-state index contributed by atoms with van der Waals surface area (Å²) in [6, 6.07) is 7.51. The van der Waals surface area contributed by atoms with Gasteiger partial charge in [0, 0.05) is 25.3 Å². The number of hydrogen-bond donors (Lipinski definition) is 3. The first-order valence-electron chi connectivity index (χ1n) is 7.18. The SMILES string of the molecule is CC1CN(CC(=O)Nc2cccc(CN)c2)CC(CO)O1. The molecule has 116 valence electrons. The average Bonchev–Trinajstić information content (AvgIpc) is 2.46. The lowest BCUT2D eigenvalue weighted by Gasteiger charge is -2.35. The van der Waals surface area contributed by atoms with E-state index in [4.69, 9.17) is 10.5 Å². The van der Waals surface area contributed by atoms with Crippen molar-refractivity contribution in [3.8, 4) is 0 Å². The second kappa shape index (κ2) is 7.51. The smallest absolute Gasteiger partial charge is 0.238 e. The Morgan fingerprint density at radius 1 is 1.52 bits per heavy atom. The minimum atomic E-state index is -0.220. The van der Waals surface area contributed by atoms with Gasteiger partial charge in [-0.1, -0.05) is 12.1 Å². The molecule has 0 saturated carbocycles. The van der Waals surface area contributed by atoms with E-state index < -0.39 is 0 Å². The molecule has 0 radical (unpaired) electrons. The van der Waals surface area contributed by atoms with E-state index in [1.165, 1.54) is 0 Å². The van der Waals surface area contributed by atoms with Crippen LogP contribution in [0.25, 0.3) is 0 Å². The van der Waals surface area contributed by atoms with Crippen molar-refractivity contribution in [3.63, 3.8) is 0 Å². The third-order valence-electron chi connectivity index (χ3n) is 3.42. The number of rotatable bonds is 5. The standard InChI is InChI=1S/C15H23N3O3/c1-11-7-18(8-14(10-19)21-11)9-15(20)17-13-4-2-3-12(5-13)6-16/h2-5,11,14,19H,6-10,16H2,1H3,(H,17,20). The third kappa shape index (κ3) is 4.78. The van der Waals surface area contributed by atoms with Crippen LogP contribution in [-0.2, 0) is 16.1 Å². The number of aliphatic hydroxyl groups is 1. The number of nitrogens with zero attached hydrogens (tertiary/aromatic N) is 1. The third-order valence-corrected chi connectivity index (χ3v) is 3.42. The first-order chi connectivity index (χ1) is 10.1. The highest BCUT2D eigenvalue weighted by Gasteiger charge is 2.25. The van der Waals surface area contributed by atoms with E-state index in [-0.39, 0.29) is 31.3 Å².